The number of fused-ring (bicyclic) bond motifs is 2. The summed E-state index contributed by atoms with van der Waals surface area (Å²) < 4.78 is 1.37. The Morgan fingerprint density at radius 2 is 2.00 bits per heavy atom. The van der Waals surface area contributed by atoms with Crippen molar-refractivity contribution < 1.29 is 9.59 Å². The molecule has 6 rings (SSSR count). The van der Waals surface area contributed by atoms with Crippen LogP contribution in [0.25, 0.3) is 27.4 Å². The van der Waals surface area contributed by atoms with Gasteiger partial charge in [-0.3, -0.25) is 19.4 Å². The normalized spacial score (nSPS) is 12.7. The van der Waals surface area contributed by atoms with Crippen molar-refractivity contribution in [1.29, 1.82) is 0 Å². The average molecular weight is 471 g/mol. The second-order valence-corrected chi connectivity index (χ2v) is 8.95. The molecule has 0 radical (unpaired) electrons. The number of Topliss-reactive ketones (excluding diaryl/α,β-unsaturated/α-hetero) is 1. The molecule has 4 aromatic heterocycles. The Balaban J connectivity index is 1.40. The van der Waals surface area contributed by atoms with E-state index in [-0.39, 0.29) is 22.9 Å². The minimum Gasteiger partial charge on any atom is -0.360 e. The average Bonchev–Trinajstić information content (AvgIpc) is 3.64. The van der Waals surface area contributed by atoms with Crippen LogP contribution in [-0.2, 0) is 17.6 Å². The summed E-state index contributed by atoms with van der Waals surface area (Å²) in [6, 6.07) is 12.7. The number of carbonyl (C=O) groups excluding carboxylic acids is 2. The number of H-pyrrole nitrogens is 2. The van der Waals surface area contributed by atoms with Crippen LogP contribution >= 0.6 is 11.3 Å². The van der Waals surface area contributed by atoms with Crippen molar-refractivity contribution in [3.8, 4) is 16.5 Å². The van der Waals surface area contributed by atoms with E-state index >= 15 is 0 Å². The third-order valence-corrected chi connectivity index (χ3v) is 6.79. The van der Waals surface area contributed by atoms with Crippen LogP contribution < -0.4 is 10.9 Å². The Morgan fingerprint density at radius 1 is 1.12 bits per heavy atom. The largest absolute Gasteiger partial charge is 0.360 e. The van der Waals surface area contributed by atoms with Gasteiger partial charge in [0.05, 0.1) is 16.1 Å². The van der Waals surface area contributed by atoms with Crippen LogP contribution in [0.1, 0.15) is 28.0 Å². The number of carbonyl (C=O) groups is 2. The van der Waals surface area contributed by atoms with E-state index in [0.717, 1.165) is 22.5 Å². The number of rotatable bonds is 5. The van der Waals surface area contributed by atoms with Crippen molar-refractivity contribution in [2.75, 3.05) is 5.32 Å². The highest BCUT2D eigenvalue weighted by molar-refractivity contribution is 7.13. The molecule has 1 aliphatic carbocycles. The first kappa shape index (κ1) is 20.3. The molecule has 0 saturated heterocycles. The molecule has 0 bridgehead atoms. The van der Waals surface area contributed by atoms with Crippen molar-refractivity contribution >= 4 is 39.7 Å². The van der Waals surface area contributed by atoms with Gasteiger partial charge in [0.1, 0.15) is 11.5 Å². The highest BCUT2D eigenvalue weighted by Crippen LogP contribution is 2.28. The third kappa shape index (κ3) is 3.35. The lowest BCUT2D eigenvalue weighted by atomic mass is 10.1. The molecule has 0 saturated carbocycles. The molecule has 4 heterocycles. The van der Waals surface area contributed by atoms with Crippen molar-refractivity contribution in [2.45, 2.75) is 19.3 Å². The second-order valence-electron chi connectivity index (χ2n) is 8.00. The number of aromatic amines is 2. The van der Waals surface area contributed by atoms with Crippen molar-refractivity contribution in [1.82, 2.24) is 24.7 Å². The predicted octanol–water partition coefficient (Wildman–Crippen LogP) is 3.48. The lowest BCUT2D eigenvalue weighted by molar-refractivity contribution is -0.112. The summed E-state index contributed by atoms with van der Waals surface area (Å²) in [5.41, 5.74) is 2.85. The van der Waals surface area contributed by atoms with Crippen LogP contribution in [0.3, 0.4) is 0 Å². The van der Waals surface area contributed by atoms with Gasteiger partial charge in [0.15, 0.2) is 0 Å². The highest BCUT2D eigenvalue weighted by Gasteiger charge is 2.24. The van der Waals surface area contributed by atoms with Crippen LogP contribution in [0, 0.1) is 0 Å². The van der Waals surface area contributed by atoms with Gasteiger partial charge in [-0.2, -0.15) is 9.78 Å². The zero-order valence-corrected chi connectivity index (χ0v) is 18.6. The van der Waals surface area contributed by atoms with Crippen LogP contribution in [0.15, 0.2) is 58.8 Å². The van der Waals surface area contributed by atoms with Gasteiger partial charge in [0, 0.05) is 28.7 Å². The third-order valence-electron chi connectivity index (χ3n) is 5.89. The maximum atomic E-state index is 13.0. The molecular weight excluding hydrogens is 452 g/mol. The molecule has 34 heavy (non-hydrogen) atoms. The van der Waals surface area contributed by atoms with Gasteiger partial charge in [-0.15, -0.1) is 11.3 Å². The SMILES string of the molecule is O=C(Nc1cc(-c2cccs2)nn1-c1nc2c(c(=O)[nH]1)CCC2)C(=O)c1c[nH]c2ccccc12. The first-order valence-electron chi connectivity index (χ1n) is 10.8. The van der Waals surface area contributed by atoms with E-state index in [1.807, 2.05) is 35.7 Å². The molecule has 0 unspecified atom stereocenters. The molecule has 0 spiro atoms. The molecule has 9 nitrogen and oxygen atoms in total. The summed E-state index contributed by atoms with van der Waals surface area (Å²) in [6.07, 6.45) is 3.81. The molecule has 10 heteroatoms. The Labute approximate surface area is 196 Å². The van der Waals surface area contributed by atoms with Gasteiger partial charge in [0.25, 0.3) is 17.2 Å². The van der Waals surface area contributed by atoms with E-state index < -0.39 is 11.7 Å². The molecule has 168 valence electrons. The number of anilines is 1. The lowest BCUT2D eigenvalue weighted by Crippen LogP contribution is -2.25. The van der Waals surface area contributed by atoms with Gasteiger partial charge in [-0.25, -0.2) is 4.98 Å². The Bertz CT molecular complexity index is 1630. The van der Waals surface area contributed by atoms with Gasteiger partial charge >= 0.3 is 0 Å². The van der Waals surface area contributed by atoms with Gasteiger partial charge in [-0.1, -0.05) is 24.3 Å². The molecule has 0 fully saturated rings. The fourth-order valence-corrected chi connectivity index (χ4v) is 4.94. The second kappa shape index (κ2) is 7.92. The zero-order chi connectivity index (χ0) is 23.2. The standard InChI is InChI=1S/C24H18N6O3S/c31-21(15-12-25-16-7-2-1-5-13(15)16)23(33)27-20-11-18(19-9-4-10-34-19)29-30(20)24-26-17-8-3-6-14(17)22(32)28-24/h1-2,4-5,7,9-12,25H,3,6,8H2,(H,27,33)(H,26,28,32). The number of aryl methyl sites for hydroxylation is 1. The molecule has 0 atom stereocenters. The summed E-state index contributed by atoms with van der Waals surface area (Å²) in [4.78, 5) is 49.8. The van der Waals surface area contributed by atoms with Crippen LogP contribution in [0.5, 0.6) is 0 Å². The Hall–Kier alpha value is -4.31. The predicted molar refractivity (Wildman–Crippen MR) is 129 cm³/mol. The minimum atomic E-state index is -0.813. The number of thiophene rings is 1. The number of amides is 1. The first-order chi connectivity index (χ1) is 16.6. The number of ketones is 1. The molecule has 3 N–H and O–H groups in total. The quantitative estimate of drug-likeness (QED) is 0.268. The molecule has 1 aliphatic rings. The number of benzene rings is 1. The van der Waals surface area contributed by atoms with Crippen LogP contribution in [-0.4, -0.2) is 36.4 Å². The summed E-state index contributed by atoms with van der Waals surface area (Å²) >= 11 is 1.49. The summed E-state index contributed by atoms with van der Waals surface area (Å²) in [6.45, 7) is 0. The van der Waals surface area contributed by atoms with E-state index in [0.29, 0.717) is 29.5 Å². The number of hydrogen-bond donors (Lipinski definition) is 3. The van der Waals surface area contributed by atoms with Crippen molar-refractivity contribution in [3.05, 3.63) is 81.2 Å². The fraction of sp³-hybridized carbons (Fsp3) is 0.125. The van der Waals surface area contributed by atoms with E-state index in [2.05, 4.69) is 25.4 Å². The molecule has 1 aromatic carbocycles. The summed E-state index contributed by atoms with van der Waals surface area (Å²) in [5, 5.41) is 9.83. The van der Waals surface area contributed by atoms with E-state index in [4.69, 9.17) is 0 Å². The number of nitrogens with one attached hydrogen (secondary N) is 3. The topological polar surface area (TPSA) is 126 Å². The maximum absolute atomic E-state index is 13.0. The number of nitrogens with zero attached hydrogens (tertiary/aromatic N) is 3. The van der Waals surface area contributed by atoms with E-state index in [1.165, 1.54) is 22.2 Å². The van der Waals surface area contributed by atoms with Crippen LogP contribution in [0.4, 0.5) is 5.82 Å². The highest BCUT2D eigenvalue weighted by atomic mass is 32.1. The summed E-state index contributed by atoms with van der Waals surface area (Å²) in [5.74, 6) is -1.06. The Kier molecular flexibility index (Phi) is 4.73. The molecule has 0 aliphatic heterocycles. The smallest absolute Gasteiger partial charge is 0.298 e. The maximum Gasteiger partial charge on any atom is 0.298 e. The molecule has 1 amide bonds. The van der Waals surface area contributed by atoms with E-state index in [1.54, 1.807) is 12.1 Å². The van der Waals surface area contributed by atoms with Crippen molar-refractivity contribution in [2.24, 2.45) is 0 Å². The number of hydrogen-bond acceptors (Lipinski definition) is 6. The lowest BCUT2D eigenvalue weighted by Gasteiger charge is -2.08. The number of para-hydroxylation sites is 1. The van der Waals surface area contributed by atoms with Gasteiger partial charge in [0.2, 0.25) is 5.95 Å². The molecular formula is C24H18N6O3S. The monoisotopic (exact) mass is 470 g/mol. The molecule has 5 aromatic rings. The summed E-state index contributed by atoms with van der Waals surface area (Å²) in [7, 11) is 0. The van der Waals surface area contributed by atoms with Crippen LogP contribution in [0.2, 0.25) is 0 Å². The minimum absolute atomic E-state index is 0.197. The van der Waals surface area contributed by atoms with Crippen molar-refractivity contribution in [3.63, 3.8) is 0 Å². The fourth-order valence-electron chi connectivity index (χ4n) is 4.26. The Morgan fingerprint density at radius 3 is 2.85 bits per heavy atom. The first-order valence-corrected chi connectivity index (χ1v) is 11.6. The van der Waals surface area contributed by atoms with E-state index in [9.17, 15) is 14.4 Å². The zero-order valence-electron chi connectivity index (χ0n) is 17.8. The number of aromatic nitrogens is 5. The van der Waals surface area contributed by atoms with Gasteiger partial charge < -0.3 is 10.3 Å². The van der Waals surface area contributed by atoms with Gasteiger partial charge in [-0.05, 0) is 36.8 Å².